The SMILES string of the molecule is CCN(CC)C(=O)C(C)NC(=O)C1C2CCC(C2)C1N. The first kappa shape index (κ1) is 15.3. The molecular weight excluding hydrogens is 254 g/mol. The summed E-state index contributed by atoms with van der Waals surface area (Å²) in [6.45, 7) is 6.99. The molecule has 114 valence electrons. The van der Waals surface area contributed by atoms with Crippen LogP contribution >= 0.6 is 0 Å². The number of rotatable bonds is 5. The Labute approximate surface area is 121 Å². The third-order valence-corrected chi connectivity index (χ3v) is 5.09. The summed E-state index contributed by atoms with van der Waals surface area (Å²) in [6.07, 6.45) is 3.34. The van der Waals surface area contributed by atoms with Crippen LogP contribution < -0.4 is 11.1 Å². The molecule has 5 nitrogen and oxygen atoms in total. The van der Waals surface area contributed by atoms with Crippen LogP contribution in [0.15, 0.2) is 0 Å². The van der Waals surface area contributed by atoms with Gasteiger partial charge in [-0.1, -0.05) is 0 Å². The van der Waals surface area contributed by atoms with Crippen molar-refractivity contribution in [3.05, 3.63) is 0 Å². The minimum atomic E-state index is -0.464. The van der Waals surface area contributed by atoms with Crippen LogP contribution in [0.25, 0.3) is 0 Å². The Hall–Kier alpha value is -1.10. The predicted octanol–water partition coefficient (Wildman–Crippen LogP) is 0.733. The van der Waals surface area contributed by atoms with Gasteiger partial charge < -0.3 is 16.0 Å². The lowest BCUT2D eigenvalue weighted by Crippen LogP contribution is -2.52. The van der Waals surface area contributed by atoms with Gasteiger partial charge >= 0.3 is 0 Å². The normalized spacial score (nSPS) is 33.0. The highest BCUT2D eigenvalue weighted by Crippen LogP contribution is 2.47. The van der Waals surface area contributed by atoms with Crippen molar-refractivity contribution in [2.75, 3.05) is 13.1 Å². The van der Waals surface area contributed by atoms with E-state index in [2.05, 4.69) is 5.32 Å². The Balaban J connectivity index is 1.93. The maximum Gasteiger partial charge on any atom is 0.244 e. The fraction of sp³-hybridized carbons (Fsp3) is 0.867. The van der Waals surface area contributed by atoms with Crippen LogP contribution in [0.2, 0.25) is 0 Å². The largest absolute Gasteiger partial charge is 0.344 e. The molecule has 20 heavy (non-hydrogen) atoms. The number of carbonyl (C=O) groups is 2. The highest BCUT2D eigenvalue weighted by molar-refractivity contribution is 5.88. The van der Waals surface area contributed by atoms with Gasteiger partial charge in [-0.3, -0.25) is 9.59 Å². The summed E-state index contributed by atoms with van der Waals surface area (Å²) in [4.78, 5) is 26.3. The van der Waals surface area contributed by atoms with Gasteiger partial charge in [-0.05, 0) is 51.9 Å². The van der Waals surface area contributed by atoms with E-state index in [0.717, 1.165) is 19.3 Å². The Kier molecular flexibility index (Phi) is 4.68. The van der Waals surface area contributed by atoms with Crippen molar-refractivity contribution < 1.29 is 9.59 Å². The maximum absolute atomic E-state index is 12.4. The lowest BCUT2D eigenvalue weighted by atomic mass is 9.84. The van der Waals surface area contributed by atoms with Gasteiger partial charge in [0.2, 0.25) is 11.8 Å². The number of carbonyl (C=O) groups excluding carboxylic acids is 2. The van der Waals surface area contributed by atoms with Crippen molar-refractivity contribution in [3.8, 4) is 0 Å². The van der Waals surface area contributed by atoms with Crippen molar-refractivity contribution >= 4 is 11.8 Å². The molecule has 2 aliphatic rings. The molecule has 0 aliphatic heterocycles. The van der Waals surface area contributed by atoms with E-state index < -0.39 is 6.04 Å². The highest BCUT2D eigenvalue weighted by atomic mass is 16.2. The first-order chi connectivity index (χ1) is 9.49. The summed E-state index contributed by atoms with van der Waals surface area (Å²) in [5.74, 6) is 0.786. The number of amides is 2. The van der Waals surface area contributed by atoms with Gasteiger partial charge in [0.25, 0.3) is 0 Å². The van der Waals surface area contributed by atoms with Crippen molar-refractivity contribution in [2.24, 2.45) is 23.5 Å². The van der Waals surface area contributed by atoms with E-state index in [1.54, 1.807) is 11.8 Å². The first-order valence-electron chi connectivity index (χ1n) is 7.84. The molecule has 5 heteroatoms. The summed E-state index contributed by atoms with van der Waals surface area (Å²) in [6, 6.07) is -0.488. The molecule has 2 amide bonds. The Morgan fingerprint density at radius 3 is 2.35 bits per heavy atom. The van der Waals surface area contributed by atoms with E-state index in [1.807, 2.05) is 13.8 Å². The van der Waals surface area contributed by atoms with Crippen LogP contribution in [0.1, 0.15) is 40.0 Å². The molecule has 5 unspecified atom stereocenters. The second-order valence-electron chi connectivity index (χ2n) is 6.18. The molecule has 2 saturated carbocycles. The summed E-state index contributed by atoms with van der Waals surface area (Å²) in [5, 5.41) is 2.88. The van der Waals surface area contributed by atoms with E-state index in [9.17, 15) is 9.59 Å². The molecule has 0 saturated heterocycles. The molecule has 0 aromatic rings. The van der Waals surface area contributed by atoms with Gasteiger partial charge in [0.15, 0.2) is 0 Å². The standard InChI is InChI=1S/C15H27N3O2/c1-4-18(5-2)15(20)9(3)17-14(19)12-10-6-7-11(8-10)13(12)16/h9-13H,4-8,16H2,1-3H3,(H,17,19). The molecule has 2 fully saturated rings. The van der Waals surface area contributed by atoms with Gasteiger partial charge in [-0.25, -0.2) is 0 Å². The molecule has 2 rings (SSSR count). The van der Waals surface area contributed by atoms with Gasteiger partial charge in [-0.2, -0.15) is 0 Å². The Morgan fingerprint density at radius 1 is 1.25 bits per heavy atom. The quantitative estimate of drug-likeness (QED) is 0.780. The molecule has 0 heterocycles. The minimum Gasteiger partial charge on any atom is -0.344 e. The molecule has 3 N–H and O–H groups in total. The van der Waals surface area contributed by atoms with E-state index in [4.69, 9.17) is 5.73 Å². The van der Waals surface area contributed by atoms with Crippen molar-refractivity contribution in [1.29, 1.82) is 0 Å². The molecular formula is C15H27N3O2. The molecule has 0 spiro atoms. The van der Waals surface area contributed by atoms with E-state index in [1.165, 1.54) is 0 Å². The molecule has 0 aromatic heterocycles. The van der Waals surface area contributed by atoms with Crippen LogP contribution in [0.4, 0.5) is 0 Å². The number of nitrogens with zero attached hydrogens (tertiary/aromatic N) is 1. The molecule has 0 radical (unpaired) electrons. The summed E-state index contributed by atoms with van der Waals surface area (Å²) < 4.78 is 0. The van der Waals surface area contributed by atoms with E-state index in [0.29, 0.717) is 24.9 Å². The van der Waals surface area contributed by atoms with Crippen molar-refractivity contribution in [2.45, 2.75) is 52.1 Å². The van der Waals surface area contributed by atoms with Crippen LogP contribution in [-0.2, 0) is 9.59 Å². The van der Waals surface area contributed by atoms with Gasteiger partial charge in [0.05, 0.1) is 5.92 Å². The number of fused-ring (bicyclic) bond motifs is 2. The molecule has 2 aliphatic carbocycles. The lowest BCUT2D eigenvalue weighted by molar-refractivity contribution is -0.137. The van der Waals surface area contributed by atoms with Crippen LogP contribution in [-0.4, -0.2) is 41.9 Å². The Morgan fingerprint density at radius 2 is 1.85 bits per heavy atom. The van der Waals surface area contributed by atoms with Crippen LogP contribution in [0, 0.1) is 17.8 Å². The van der Waals surface area contributed by atoms with Crippen molar-refractivity contribution in [1.82, 2.24) is 10.2 Å². The summed E-state index contributed by atoms with van der Waals surface area (Å²) in [5.41, 5.74) is 6.17. The number of nitrogens with two attached hydrogens (primary N) is 1. The molecule has 5 atom stereocenters. The third kappa shape index (κ3) is 2.68. The zero-order valence-corrected chi connectivity index (χ0v) is 12.8. The van der Waals surface area contributed by atoms with Crippen LogP contribution in [0.5, 0.6) is 0 Å². The van der Waals surface area contributed by atoms with Gasteiger partial charge in [-0.15, -0.1) is 0 Å². The van der Waals surface area contributed by atoms with Gasteiger partial charge in [0, 0.05) is 19.1 Å². The van der Waals surface area contributed by atoms with E-state index in [-0.39, 0.29) is 23.8 Å². The third-order valence-electron chi connectivity index (χ3n) is 5.09. The first-order valence-corrected chi connectivity index (χ1v) is 7.84. The maximum atomic E-state index is 12.4. The second-order valence-corrected chi connectivity index (χ2v) is 6.18. The van der Waals surface area contributed by atoms with E-state index >= 15 is 0 Å². The topological polar surface area (TPSA) is 75.4 Å². The fourth-order valence-electron chi connectivity index (χ4n) is 3.91. The van der Waals surface area contributed by atoms with Crippen LogP contribution in [0.3, 0.4) is 0 Å². The molecule has 0 aromatic carbocycles. The number of hydrogen-bond acceptors (Lipinski definition) is 3. The zero-order chi connectivity index (χ0) is 14.9. The second kappa shape index (κ2) is 6.12. The highest BCUT2D eigenvalue weighted by Gasteiger charge is 2.49. The minimum absolute atomic E-state index is 0.0138. The average Bonchev–Trinajstić information content (AvgIpc) is 3.00. The van der Waals surface area contributed by atoms with Crippen molar-refractivity contribution in [3.63, 3.8) is 0 Å². The Bertz CT molecular complexity index is 379. The monoisotopic (exact) mass is 281 g/mol. The average molecular weight is 281 g/mol. The number of nitrogens with one attached hydrogen (secondary N) is 1. The summed E-state index contributed by atoms with van der Waals surface area (Å²) >= 11 is 0. The summed E-state index contributed by atoms with van der Waals surface area (Å²) in [7, 11) is 0. The number of hydrogen-bond donors (Lipinski definition) is 2. The van der Waals surface area contributed by atoms with Gasteiger partial charge in [0.1, 0.15) is 6.04 Å². The lowest BCUT2D eigenvalue weighted by Gasteiger charge is -2.29. The smallest absolute Gasteiger partial charge is 0.244 e. The predicted molar refractivity (Wildman–Crippen MR) is 77.8 cm³/mol. The zero-order valence-electron chi connectivity index (χ0n) is 12.8. The molecule has 2 bridgehead atoms. The number of likely N-dealkylation sites (N-methyl/N-ethyl adjacent to an activating group) is 1. The fourth-order valence-corrected chi connectivity index (χ4v) is 3.91.